The molecule has 0 heterocycles. The molecule has 2 N–H and O–H groups in total. The first kappa shape index (κ1) is 8.18. The van der Waals surface area contributed by atoms with Crippen LogP contribution in [0.3, 0.4) is 0 Å². The first-order chi connectivity index (χ1) is 4.31. The molecule has 0 rings (SSSR count). The second-order valence-electron chi connectivity index (χ2n) is 1.72. The van der Waals surface area contributed by atoms with E-state index in [0.717, 1.165) is 0 Å². The molecule has 0 aliphatic rings. The van der Waals surface area contributed by atoms with Crippen LogP contribution in [-0.4, -0.2) is 6.04 Å². The summed E-state index contributed by atoms with van der Waals surface area (Å²) in [6.07, 6.45) is 9.28. The van der Waals surface area contributed by atoms with Crippen LogP contribution in [0.4, 0.5) is 0 Å². The molecule has 9 heavy (non-hydrogen) atoms. The van der Waals surface area contributed by atoms with Gasteiger partial charge in [-0.2, -0.15) is 0 Å². The minimum atomic E-state index is 0.0352. The van der Waals surface area contributed by atoms with Crippen LogP contribution in [0.15, 0.2) is 37.0 Å². The first-order valence-electron chi connectivity index (χ1n) is 2.99. The van der Waals surface area contributed by atoms with E-state index >= 15 is 0 Å². The summed E-state index contributed by atoms with van der Waals surface area (Å²) in [5.41, 5.74) is 5.55. The first-order valence-corrected chi connectivity index (χ1v) is 2.99. The fourth-order valence-corrected chi connectivity index (χ4v) is 0.493. The van der Waals surface area contributed by atoms with Gasteiger partial charge in [-0.05, 0) is 6.92 Å². The normalized spacial score (nSPS) is 14.9. The van der Waals surface area contributed by atoms with E-state index in [-0.39, 0.29) is 6.04 Å². The summed E-state index contributed by atoms with van der Waals surface area (Å²) < 4.78 is 0. The van der Waals surface area contributed by atoms with E-state index in [9.17, 15) is 0 Å². The molecule has 50 valence electrons. The summed E-state index contributed by atoms with van der Waals surface area (Å²) in [6.45, 7) is 5.47. The highest BCUT2D eigenvalue weighted by atomic mass is 14.6. The van der Waals surface area contributed by atoms with Gasteiger partial charge in [0.2, 0.25) is 0 Å². The van der Waals surface area contributed by atoms with Gasteiger partial charge < -0.3 is 5.73 Å². The van der Waals surface area contributed by atoms with Crippen molar-refractivity contribution < 1.29 is 0 Å². The number of rotatable bonds is 3. The molecule has 0 aromatic rings. The van der Waals surface area contributed by atoms with Crippen molar-refractivity contribution >= 4 is 0 Å². The molecule has 0 radical (unpaired) electrons. The van der Waals surface area contributed by atoms with Gasteiger partial charge in [0.15, 0.2) is 0 Å². The van der Waals surface area contributed by atoms with E-state index < -0.39 is 0 Å². The predicted molar refractivity (Wildman–Crippen MR) is 42.1 cm³/mol. The van der Waals surface area contributed by atoms with Crippen molar-refractivity contribution in [2.75, 3.05) is 0 Å². The van der Waals surface area contributed by atoms with Crippen molar-refractivity contribution in [3.05, 3.63) is 37.0 Å². The van der Waals surface area contributed by atoms with Crippen molar-refractivity contribution in [2.24, 2.45) is 5.73 Å². The summed E-state index contributed by atoms with van der Waals surface area (Å²) in [7, 11) is 0. The largest absolute Gasteiger partial charge is 0.321 e. The molecule has 1 atom stereocenters. The Morgan fingerprint density at radius 3 is 2.56 bits per heavy atom. The standard InChI is InChI=1S/C8H13N/c1-3-5-7-8(9)6-4-2/h3-8H,1,9H2,2H3/b6-4-,7-5+. The Hall–Kier alpha value is -0.820. The Balaban J connectivity index is 3.61. The number of hydrogen-bond acceptors (Lipinski definition) is 1. The predicted octanol–water partition coefficient (Wildman–Crippen LogP) is 1.63. The minimum absolute atomic E-state index is 0.0352. The summed E-state index contributed by atoms with van der Waals surface area (Å²) in [4.78, 5) is 0. The van der Waals surface area contributed by atoms with E-state index in [2.05, 4.69) is 6.58 Å². The molecule has 0 saturated heterocycles. The molecule has 1 nitrogen and oxygen atoms in total. The molecule has 1 unspecified atom stereocenters. The Morgan fingerprint density at radius 2 is 2.11 bits per heavy atom. The third kappa shape index (κ3) is 5.04. The van der Waals surface area contributed by atoms with Gasteiger partial charge >= 0.3 is 0 Å². The number of nitrogens with two attached hydrogens (primary N) is 1. The van der Waals surface area contributed by atoms with Crippen molar-refractivity contribution in [2.45, 2.75) is 13.0 Å². The van der Waals surface area contributed by atoms with Gasteiger partial charge in [0.25, 0.3) is 0 Å². The van der Waals surface area contributed by atoms with Crippen molar-refractivity contribution in [1.29, 1.82) is 0 Å². The maximum Gasteiger partial charge on any atom is 0.0413 e. The average Bonchev–Trinajstić information content (AvgIpc) is 1.85. The Labute approximate surface area is 56.6 Å². The summed E-state index contributed by atoms with van der Waals surface area (Å²) >= 11 is 0. The lowest BCUT2D eigenvalue weighted by molar-refractivity contribution is 1.03. The lowest BCUT2D eigenvalue weighted by Crippen LogP contribution is -2.12. The lowest BCUT2D eigenvalue weighted by Gasteiger charge is -1.93. The lowest BCUT2D eigenvalue weighted by atomic mass is 10.2. The maximum absolute atomic E-state index is 5.55. The smallest absolute Gasteiger partial charge is 0.0413 e. The second kappa shape index (κ2) is 5.32. The molecular weight excluding hydrogens is 110 g/mol. The minimum Gasteiger partial charge on any atom is -0.321 e. The zero-order valence-corrected chi connectivity index (χ0v) is 5.75. The van der Waals surface area contributed by atoms with Crippen LogP contribution in [0, 0.1) is 0 Å². The molecule has 0 aliphatic carbocycles. The molecule has 0 fully saturated rings. The molecule has 0 saturated carbocycles. The van der Waals surface area contributed by atoms with Crippen molar-refractivity contribution in [1.82, 2.24) is 0 Å². The van der Waals surface area contributed by atoms with Crippen LogP contribution in [-0.2, 0) is 0 Å². The van der Waals surface area contributed by atoms with Crippen LogP contribution in [0.1, 0.15) is 6.92 Å². The summed E-state index contributed by atoms with van der Waals surface area (Å²) in [5, 5.41) is 0. The molecule has 0 bridgehead atoms. The topological polar surface area (TPSA) is 26.0 Å². The maximum atomic E-state index is 5.55. The fraction of sp³-hybridized carbons (Fsp3) is 0.250. The van der Waals surface area contributed by atoms with Crippen LogP contribution in [0.2, 0.25) is 0 Å². The van der Waals surface area contributed by atoms with Crippen LogP contribution < -0.4 is 5.73 Å². The monoisotopic (exact) mass is 123 g/mol. The number of allylic oxidation sites excluding steroid dienone is 3. The van der Waals surface area contributed by atoms with E-state index in [1.807, 2.05) is 31.2 Å². The molecule has 0 amide bonds. The van der Waals surface area contributed by atoms with E-state index in [1.165, 1.54) is 0 Å². The molecule has 0 spiro atoms. The summed E-state index contributed by atoms with van der Waals surface area (Å²) in [6, 6.07) is 0.0352. The van der Waals surface area contributed by atoms with Gasteiger partial charge in [-0.15, -0.1) is 0 Å². The Kier molecular flexibility index (Phi) is 4.83. The SMILES string of the molecule is C=C/C=C/C(N)/C=C\C. The molecule has 0 aromatic heterocycles. The second-order valence-corrected chi connectivity index (χ2v) is 1.72. The van der Waals surface area contributed by atoms with Gasteiger partial charge in [-0.25, -0.2) is 0 Å². The highest BCUT2D eigenvalue weighted by Gasteiger charge is 1.83. The fourth-order valence-electron chi connectivity index (χ4n) is 0.493. The van der Waals surface area contributed by atoms with Crippen molar-refractivity contribution in [3.8, 4) is 0 Å². The van der Waals surface area contributed by atoms with Gasteiger partial charge in [-0.3, -0.25) is 0 Å². The number of hydrogen-bond donors (Lipinski definition) is 1. The zero-order valence-electron chi connectivity index (χ0n) is 5.75. The third-order valence-electron chi connectivity index (χ3n) is 0.884. The molecule has 0 aliphatic heterocycles. The van der Waals surface area contributed by atoms with Gasteiger partial charge in [-0.1, -0.05) is 37.0 Å². The Bertz CT molecular complexity index is 123. The van der Waals surface area contributed by atoms with Gasteiger partial charge in [0, 0.05) is 6.04 Å². The van der Waals surface area contributed by atoms with Gasteiger partial charge in [0.1, 0.15) is 0 Å². The summed E-state index contributed by atoms with van der Waals surface area (Å²) in [5.74, 6) is 0. The highest BCUT2D eigenvalue weighted by Crippen LogP contribution is 1.84. The quantitative estimate of drug-likeness (QED) is 0.448. The third-order valence-corrected chi connectivity index (χ3v) is 0.884. The zero-order chi connectivity index (χ0) is 7.11. The van der Waals surface area contributed by atoms with Crippen LogP contribution >= 0.6 is 0 Å². The average molecular weight is 123 g/mol. The van der Waals surface area contributed by atoms with E-state index in [1.54, 1.807) is 6.08 Å². The van der Waals surface area contributed by atoms with E-state index in [0.29, 0.717) is 0 Å². The molecular formula is C8H13N. The molecule has 1 heteroatoms. The molecule has 0 aromatic carbocycles. The van der Waals surface area contributed by atoms with Crippen LogP contribution in [0.5, 0.6) is 0 Å². The highest BCUT2D eigenvalue weighted by molar-refractivity contribution is 5.08. The van der Waals surface area contributed by atoms with Gasteiger partial charge in [0.05, 0.1) is 0 Å². The Morgan fingerprint density at radius 1 is 1.44 bits per heavy atom. The van der Waals surface area contributed by atoms with Crippen molar-refractivity contribution in [3.63, 3.8) is 0 Å². The van der Waals surface area contributed by atoms with E-state index in [4.69, 9.17) is 5.73 Å². The van der Waals surface area contributed by atoms with Crippen LogP contribution in [0.25, 0.3) is 0 Å².